The molecule has 0 radical (unpaired) electrons. The van der Waals surface area contributed by atoms with Gasteiger partial charge in [0.15, 0.2) is 11.5 Å². The molecule has 0 saturated carbocycles. The molecule has 162 valence electrons. The average Bonchev–Trinajstić information content (AvgIpc) is 3.20. The van der Waals surface area contributed by atoms with Gasteiger partial charge in [-0.25, -0.2) is 8.42 Å². The number of carbonyl (C=O) groups is 1. The number of nitrogens with zero attached hydrogens (tertiary/aromatic N) is 1. The van der Waals surface area contributed by atoms with Crippen LogP contribution in [0.3, 0.4) is 0 Å². The summed E-state index contributed by atoms with van der Waals surface area (Å²) < 4.78 is 42.4. The van der Waals surface area contributed by atoms with Crippen molar-refractivity contribution in [2.45, 2.75) is 26.8 Å². The van der Waals surface area contributed by atoms with Gasteiger partial charge in [0.1, 0.15) is 12.3 Å². The van der Waals surface area contributed by atoms with E-state index in [1.807, 2.05) is 38.1 Å². The number of sulfonamides is 1. The monoisotopic (exact) mass is 434 g/mol. The first kappa shape index (κ1) is 21.8. The number of nitrogens with one attached hydrogen (secondary N) is 1. The highest BCUT2D eigenvalue weighted by Gasteiger charge is 2.26. The molecular weight excluding hydrogens is 408 g/mol. The highest BCUT2D eigenvalue weighted by molar-refractivity contribution is 7.92. The van der Waals surface area contributed by atoms with Gasteiger partial charge in [0.2, 0.25) is 22.7 Å². The molecule has 1 heterocycles. The van der Waals surface area contributed by atoms with E-state index in [0.717, 1.165) is 15.6 Å². The van der Waals surface area contributed by atoms with Crippen molar-refractivity contribution in [3.05, 3.63) is 48.0 Å². The number of hydrogen-bond acceptors (Lipinski definition) is 6. The number of ether oxygens (including phenoxy) is 3. The summed E-state index contributed by atoms with van der Waals surface area (Å²) in [6.45, 7) is 5.61. The predicted molar refractivity (Wildman–Crippen MR) is 114 cm³/mol. The van der Waals surface area contributed by atoms with Gasteiger partial charge in [-0.1, -0.05) is 12.1 Å². The third-order valence-corrected chi connectivity index (χ3v) is 6.44. The summed E-state index contributed by atoms with van der Waals surface area (Å²) in [6, 6.07) is 11.9. The van der Waals surface area contributed by atoms with E-state index >= 15 is 0 Å². The van der Waals surface area contributed by atoms with Crippen LogP contribution in [0, 0.1) is 0 Å². The smallest absolute Gasteiger partial charge is 0.241 e. The molecule has 1 aliphatic heterocycles. The van der Waals surface area contributed by atoms with E-state index in [2.05, 4.69) is 5.32 Å². The van der Waals surface area contributed by atoms with Crippen molar-refractivity contribution in [3.63, 3.8) is 0 Å². The Morgan fingerprint density at radius 2 is 1.83 bits per heavy atom. The van der Waals surface area contributed by atoms with Crippen LogP contribution in [0.2, 0.25) is 0 Å². The maximum absolute atomic E-state index is 12.7. The largest absolute Gasteiger partial charge is 0.494 e. The van der Waals surface area contributed by atoms with Crippen molar-refractivity contribution in [1.29, 1.82) is 0 Å². The van der Waals surface area contributed by atoms with Crippen molar-refractivity contribution < 1.29 is 27.4 Å². The minimum absolute atomic E-state index is 0.0827. The van der Waals surface area contributed by atoms with Gasteiger partial charge in [0.25, 0.3) is 0 Å². The minimum atomic E-state index is -3.68. The third kappa shape index (κ3) is 4.96. The lowest BCUT2D eigenvalue weighted by Gasteiger charge is -2.24. The summed E-state index contributed by atoms with van der Waals surface area (Å²) in [5.74, 6) is 1.20. The Labute approximate surface area is 176 Å². The number of hydrogen-bond donors (Lipinski definition) is 1. The molecule has 0 unspecified atom stereocenters. The first-order valence-corrected chi connectivity index (χ1v) is 11.4. The quantitative estimate of drug-likeness (QED) is 0.652. The van der Waals surface area contributed by atoms with Gasteiger partial charge in [-0.05, 0) is 50.6 Å². The van der Waals surface area contributed by atoms with Crippen molar-refractivity contribution in [1.82, 2.24) is 5.32 Å². The van der Waals surface area contributed by atoms with Crippen LogP contribution < -0.4 is 23.8 Å². The van der Waals surface area contributed by atoms with Gasteiger partial charge in [-0.2, -0.15) is 0 Å². The molecule has 30 heavy (non-hydrogen) atoms. The third-order valence-electron chi connectivity index (χ3n) is 4.70. The van der Waals surface area contributed by atoms with Crippen LogP contribution in [0.1, 0.15) is 32.4 Å². The fourth-order valence-electron chi connectivity index (χ4n) is 3.07. The van der Waals surface area contributed by atoms with Crippen LogP contribution >= 0.6 is 0 Å². The topological polar surface area (TPSA) is 94.2 Å². The molecular formula is C21H26N2O6S. The molecule has 0 saturated heterocycles. The van der Waals surface area contributed by atoms with Crippen LogP contribution in [0.25, 0.3) is 0 Å². The normalized spacial score (nSPS) is 13.6. The van der Waals surface area contributed by atoms with Crippen molar-refractivity contribution in [2.24, 2.45) is 0 Å². The number of amides is 1. The Morgan fingerprint density at radius 1 is 1.13 bits per heavy atom. The van der Waals surface area contributed by atoms with Crippen LogP contribution in [0.4, 0.5) is 5.69 Å². The molecule has 0 bridgehead atoms. The molecule has 1 aliphatic rings. The van der Waals surface area contributed by atoms with Crippen molar-refractivity contribution >= 4 is 21.6 Å². The average molecular weight is 435 g/mol. The fraction of sp³-hybridized carbons (Fsp3) is 0.381. The van der Waals surface area contributed by atoms with Crippen LogP contribution in [-0.2, 0) is 14.8 Å². The molecule has 1 amide bonds. The van der Waals surface area contributed by atoms with E-state index in [-0.39, 0.29) is 25.1 Å². The molecule has 1 atom stereocenters. The molecule has 0 fully saturated rings. The standard InChI is InChI=1S/C21H26N2O6S/c1-4-27-18-9-6-16(7-10-18)15(3)22-21(24)13-23(30(25,26)5-2)17-8-11-19-20(12-17)29-14-28-19/h6-12,15H,4-5,13-14H2,1-3H3,(H,22,24)/t15-/m0/s1. The Hall–Kier alpha value is -2.94. The van der Waals surface area contributed by atoms with E-state index in [1.165, 1.54) is 6.92 Å². The van der Waals surface area contributed by atoms with E-state index < -0.39 is 15.9 Å². The van der Waals surface area contributed by atoms with Crippen molar-refractivity contribution in [2.75, 3.05) is 30.0 Å². The molecule has 0 spiro atoms. The summed E-state index contributed by atoms with van der Waals surface area (Å²) in [4.78, 5) is 12.7. The number of benzene rings is 2. The molecule has 2 aromatic rings. The van der Waals surface area contributed by atoms with Gasteiger partial charge < -0.3 is 19.5 Å². The first-order chi connectivity index (χ1) is 14.3. The zero-order chi connectivity index (χ0) is 21.7. The second-order valence-corrected chi connectivity index (χ2v) is 8.92. The molecule has 3 rings (SSSR count). The van der Waals surface area contributed by atoms with Gasteiger partial charge in [0, 0.05) is 6.07 Å². The number of anilines is 1. The zero-order valence-corrected chi connectivity index (χ0v) is 18.1. The van der Waals surface area contributed by atoms with Gasteiger partial charge in [-0.15, -0.1) is 0 Å². The molecule has 0 aliphatic carbocycles. The van der Waals surface area contributed by atoms with E-state index in [4.69, 9.17) is 14.2 Å². The Morgan fingerprint density at radius 3 is 2.50 bits per heavy atom. The first-order valence-electron chi connectivity index (χ1n) is 9.76. The second-order valence-electron chi connectivity index (χ2n) is 6.74. The number of carbonyl (C=O) groups excluding carboxylic acids is 1. The van der Waals surface area contributed by atoms with Gasteiger partial charge in [0.05, 0.1) is 24.1 Å². The lowest BCUT2D eigenvalue weighted by Crippen LogP contribution is -2.42. The van der Waals surface area contributed by atoms with E-state index in [0.29, 0.717) is 23.8 Å². The molecule has 1 N–H and O–H groups in total. The zero-order valence-electron chi connectivity index (χ0n) is 17.3. The molecule has 9 heteroatoms. The summed E-state index contributed by atoms with van der Waals surface area (Å²) in [5.41, 5.74) is 1.24. The fourth-order valence-corrected chi connectivity index (χ4v) is 4.13. The second kappa shape index (κ2) is 9.25. The molecule has 2 aromatic carbocycles. The lowest BCUT2D eigenvalue weighted by molar-refractivity contribution is -0.120. The SMILES string of the molecule is CCOc1ccc([C@H](C)NC(=O)CN(c2ccc3c(c2)OCO3)S(=O)(=O)CC)cc1. The molecule has 0 aromatic heterocycles. The number of rotatable bonds is 9. The van der Waals surface area contributed by atoms with Gasteiger partial charge >= 0.3 is 0 Å². The van der Waals surface area contributed by atoms with Gasteiger partial charge in [-0.3, -0.25) is 9.10 Å². The predicted octanol–water partition coefficient (Wildman–Crippen LogP) is 2.85. The Bertz CT molecular complexity index is 991. The van der Waals surface area contributed by atoms with E-state index in [9.17, 15) is 13.2 Å². The highest BCUT2D eigenvalue weighted by atomic mass is 32.2. The Kier molecular flexibility index (Phi) is 6.71. The highest BCUT2D eigenvalue weighted by Crippen LogP contribution is 2.36. The van der Waals surface area contributed by atoms with Crippen LogP contribution in [0.15, 0.2) is 42.5 Å². The van der Waals surface area contributed by atoms with Crippen LogP contribution in [-0.4, -0.2) is 40.0 Å². The van der Waals surface area contributed by atoms with Crippen LogP contribution in [0.5, 0.6) is 17.2 Å². The lowest BCUT2D eigenvalue weighted by atomic mass is 10.1. The summed E-state index contributed by atoms with van der Waals surface area (Å²) in [6.07, 6.45) is 0. The summed E-state index contributed by atoms with van der Waals surface area (Å²) in [7, 11) is -3.68. The Balaban J connectivity index is 1.73. The number of fused-ring (bicyclic) bond motifs is 1. The minimum Gasteiger partial charge on any atom is -0.494 e. The summed E-state index contributed by atoms with van der Waals surface area (Å²) >= 11 is 0. The van der Waals surface area contributed by atoms with E-state index in [1.54, 1.807) is 18.2 Å². The molecule has 8 nitrogen and oxygen atoms in total. The maximum Gasteiger partial charge on any atom is 0.241 e. The van der Waals surface area contributed by atoms with Crippen molar-refractivity contribution in [3.8, 4) is 17.2 Å². The summed E-state index contributed by atoms with van der Waals surface area (Å²) in [5, 5.41) is 2.85. The maximum atomic E-state index is 12.7.